The molecule has 1 fully saturated rings. The first-order chi connectivity index (χ1) is 9.63. The molecular formula is C17H25F2N. The van der Waals surface area contributed by atoms with Crippen molar-refractivity contribution in [2.24, 2.45) is 11.8 Å². The molecule has 1 saturated carbocycles. The molecule has 1 aromatic carbocycles. The summed E-state index contributed by atoms with van der Waals surface area (Å²) in [4.78, 5) is 0. The van der Waals surface area contributed by atoms with E-state index in [-0.39, 0.29) is 5.92 Å². The third-order valence-electron chi connectivity index (χ3n) is 4.47. The molecule has 0 aliphatic heterocycles. The van der Waals surface area contributed by atoms with Crippen LogP contribution in [-0.2, 0) is 0 Å². The van der Waals surface area contributed by atoms with E-state index >= 15 is 0 Å². The van der Waals surface area contributed by atoms with E-state index in [1.54, 1.807) is 12.1 Å². The van der Waals surface area contributed by atoms with Crippen LogP contribution in [0, 0.1) is 23.5 Å². The minimum atomic E-state index is -0.721. The van der Waals surface area contributed by atoms with Crippen LogP contribution in [0.15, 0.2) is 18.2 Å². The van der Waals surface area contributed by atoms with Crippen LogP contribution < -0.4 is 5.32 Å². The van der Waals surface area contributed by atoms with Crippen molar-refractivity contribution in [1.29, 1.82) is 0 Å². The standard InChI is InChI=1S/C17H25F2N/c1-3-9-20-11-13-8-7-12(2)10-15(13)14-5-4-6-16(18)17(14)19/h4-6,12-13,15,20H,3,7-11H2,1-2H3. The molecule has 20 heavy (non-hydrogen) atoms. The van der Waals surface area contributed by atoms with Gasteiger partial charge in [0.15, 0.2) is 11.6 Å². The average molecular weight is 281 g/mol. The minimum absolute atomic E-state index is 0.138. The fourth-order valence-electron chi connectivity index (χ4n) is 3.34. The van der Waals surface area contributed by atoms with Gasteiger partial charge in [-0.1, -0.05) is 32.4 Å². The zero-order valence-electron chi connectivity index (χ0n) is 12.5. The Labute approximate surface area is 120 Å². The first-order valence-corrected chi connectivity index (χ1v) is 7.78. The Morgan fingerprint density at radius 2 is 2.05 bits per heavy atom. The molecule has 2 rings (SSSR count). The second kappa shape index (κ2) is 7.16. The van der Waals surface area contributed by atoms with E-state index in [9.17, 15) is 8.78 Å². The van der Waals surface area contributed by atoms with Crippen molar-refractivity contribution >= 4 is 0 Å². The summed E-state index contributed by atoms with van der Waals surface area (Å²) in [5.41, 5.74) is 0.569. The predicted octanol–water partition coefficient (Wildman–Crippen LogP) is 4.48. The predicted molar refractivity (Wildman–Crippen MR) is 78.8 cm³/mol. The first-order valence-electron chi connectivity index (χ1n) is 7.78. The zero-order valence-corrected chi connectivity index (χ0v) is 12.5. The highest BCUT2D eigenvalue weighted by atomic mass is 19.2. The van der Waals surface area contributed by atoms with Crippen LogP contribution >= 0.6 is 0 Å². The number of benzene rings is 1. The van der Waals surface area contributed by atoms with Crippen molar-refractivity contribution in [1.82, 2.24) is 5.32 Å². The van der Waals surface area contributed by atoms with Gasteiger partial charge in [-0.15, -0.1) is 0 Å². The molecule has 0 aromatic heterocycles. The van der Waals surface area contributed by atoms with Crippen LogP contribution in [0.1, 0.15) is 51.0 Å². The van der Waals surface area contributed by atoms with Gasteiger partial charge in [0.25, 0.3) is 0 Å². The largest absolute Gasteiger partial charge is 0.316 e. The second-order valence-electron chi connectivity index (χ2n) is 6.13. The number of hydrogen-bond acceptors (Lipinski definition) is 1. The lowest BCUT2D eigenvalue weighted by atomic mass is 9.71. The van der Waals surface area contributed by atoms with Crippen molar-refractivity contribution in [3.05, 3.63) is 35.4 Å². The van der Waals surface area contributed by atoms with Crippen molar-refractivity contribution in [2.75, 3.05) is 13.1 Å². The maximum Gasteiger partial charge on any atom is 0.162 e. The Morgan fingerprint density at radius 3 is 2.80 bits per heavy atom. The monoisotopic (exact) mass is 281 g/mol. The summed E-state index contributed by atoms with van der Waals surface area (Å²) in [5, 5.41) is 3.44. The van der Waals surface area contributed by atoms with Gasteiger partial charge in [-0.25, -0.2) is 8.78 Å². The molecule has 0 amide bonds. The van der Waals surface area contributed by atoms with Gasteiger partial charge in [0.1, 0.15) is 0 Å². The third-order valence-corrected chi connectivity index (χ3v) is 4.47. The SMILES string of the molecule is CCCNCC1CCC(C)CC1c1cccc(F)c1F. The van der Waals surface area contributed by atoms with Crippen molar-refractivity contribution in [3.63, 3.8) is 0 Å². The van der Waals surface area contributed by atoms with E-state index in [0.717, 1.165) is 32.4 Å². The summed E-state index contributed by atoms with van der Waals surface area (Å²) < 4.78 is 27.6. The molecule has 3 heteroatoms. The lowest BCUT2D eigenvalue weighted by molar-refractivity contribution is 0.237. The van der Waals surface area contributed by atoms with Crippen LogP contribution in [0.5, 0.6) is 0 Å². The molecule has 1 aliphatic rings. The summed E-state index contributed by atoms with van der Waals surface area (Å²) in [6, 6.07) is 4.59. The lowest BCUT2D eigenvalue weighted by Gasteiger charge is -2.35. The molecule has 112 valence electrons. The molecule has 0 saturated heterocycles. The van der Waals surface area contributed by atoms with Gasteiger partial charge < -0.3 is 5.32 Å². The van der Waals surface area contributed by atoms with Crippen LogP contribution in [0.3, 0.4) is 0 Å². The van der Waals surface area contributed by atoms with E-state index in [0.29, 0.717) is 17.4 Å². The van der Waals surface area contributed by atoms with Gasteiger partial charge in [0.05, 0.1) is 0 Å². The highest BCUT2D eigenvalue weighted by molar-refractivity contribution is 5.24. The Bertz CT molecular complexity index is 433. The van der Waals surface area contributed by atoms with Gasteiger partial charge in [-0.2, -0.15) is 0 Å². The summed E-state index contributed by atoms with van der Waals surface area (Å²) in [6.45, 7) is 6.24. The smallest absolute Gasteiger partial charge is 0.162 e. The van der Waals surface area contributed by atoms with E-state index in [4.69, 9.17) is 0 Å². The quantitative estimate of drug-likeness (QED) is 0.784. The number of halogens is 2. The lowest BCUT2D eigenvalue weighted by Crippen LogP contribution is -2.32. The van der Waals surface area contributed by atoms with Gasteiger partial charge in [0.2, 0.25) is 0 Å². The number of nitrogens with one attached hydrogen (secondary N) is 1. The molecule has 0 radical (unpaired) electrons. The fourth-order valence-corrected chi connectivity index (χ4v) is 3.34. The van der Waals surface area contributed by atoms with Crippen molar-refractivity contribution in [3.8, 4) is 0 Å². The summed E-state index contributed by atoms with van der Waals surface area (Å²) in [7, 11) is 0. The summed E-state index contributed by atoms with van der Waals surface area (Å²) in [6.07, 6.45) is 4.34. The highest BCUT2D eigenvalue weighted by Crippen LogP contribution is 2.41. The molecule has 3 atom stereocenters. The topological polar surface area (TPSA) is 12.0 Å². The van der Waals surface area contributed by atoms with Gasteiger partial charge in [-0.05, 0) is 61.7 Å². The molecule has 1 N–H and O–H groups in total. The van der Waals surface area contributed by atoms with Crippen LogP contribution in [-0.4, -0.2) is 13.1 Å². The maximum absolute atomic E-state index is 14.1. The van der Waals surface area contributed by atoms with Crippen molar-refractivity contribution < 1.29 is 8.78 Å². The van der Waals surface area contributed by atoms with Crippen LogP contribution in [0.4, 0.5) is 8.78 Å². The van der Waals surface area contributed by atoms with Crippen LogP contribution in [0.25, 0.3) is 0 Å². The molecule has 1 aliphatic carbocycles. The minimum Gasteiger partial charge on any atom is -0.316 e. The van der Waals surface area contributed by atoms with E-state index in [1.807, 2.05) is 0 Å². The van der Waals surface area contributed by atoms with E-state index in [1.165, 1.54) is 12.5 Å². The van der Waals surface area contributed by atoms with E-state index < -0.39 is 11.6 Å². The van der Waals surface area contributed by atoms with Gasteiger partial charge in [0, 0.05) is 0 Å². The Hall–Kier alpha value is -0.960. The van der Waals surface area contributed by atoms with Crippen molar-refractivity contribution in [2.45, 2.75) is 45.4 Å². The van der Waals surface area contributed by atoms with Crippen LogP contribution in [0.2, 0.25) is 0 Å². The Balaban J connectivity index is 2.16. The molecular weight excluding hydrogens is 256 g/mol. The summed E-state index contributed by atoms with van der Waals surface area (Å²) in [5.74, 6) is -0.231. The Kier molecular flexibility index (Phi) is 5.53. The first kappa shape index (κ1) is 15.4. The maximum atomic E-state index is 14.1. The number of hydrogen-bond donors (Lipinski definition) is 1. The molecule has 1 nitrogen and oxygen atoms in total. The molecule has 3 unspecified atom stereocenters. The normalized spacial score (nSPS) is 26.7. The van der Waals surface area contributed by atoms with Gasteiger partial charge >= 0.3 is 0 Å². The second-order valence-corrected chi connectivity index (χ2v) is 6.13. The van der Waals surface area contributed by atoms with E-state index in [2.05, 4.69) is 19.2 Å². The molecule has 0 bridgehead atoms. The Morgan fingerprint density at radius 1 is 1.25 bits per heavy atom. The fraction of sp³-hybridized carbons (Fsp3) is 0.647. The summed E-state index contributed by atoms with van der Waals surface area (Å²) >= 11 is 0. The zero-order chi connectivity index (χ0) is 14.5. The molecule has 0 heterocycles. The van der Waals surface area contributed by atoms with Gasteiger partial charge in [-0.3, -0.25) is 0 Å². The average Bonchev–Trinajstić information content (AvgIpc) is 2.44. The molecule has 1 aromatic rings. The third kappa shape index (κ3) is 3.57. The highest BCUT2D eigenvalue weighted by Gasteiger charge is 2.31. The molecule has 0 spiro atoms. The number of rotatable bonds is 5.